The van der Waals surface area contributed by atoms with Crippen LogP contribution in [0.4, 0.5) is 4.39 Å². The molecule has 0 radical (unpaired) electrons. The molecule has 27 heavy (non-hydrogen) atoms. The van der Waals surface area contributed by atoms with E-state index in [0.717, 1.165) is 36.9 Å². The molecule has 6 heteroatoms. The second kappa shape index (κ2) is 7.56. The van der Waals surface area contributed by atoms with Gasteiger partial charge in [0.05, 0.1) is 17.9 Å². The van der Waals surface area contributed by atoms with Crippen molar-refractivity contribution in [1.82, 2.24) is 9.47 Å². The molecule has 3 aromatic rings. The Hall–Kier alpha value is -2.60. The van der Waals surface area contributed by atoms with E-state index in [0.29, 0.717) is 24.4 Å². The van der Waals surface area contributed by atoms with E-state index in [-0.39, 0.29) is 17.8 Å². The Morgan fingerprint density at radius 1 is 1.26 bits per heavy atom. The number of benzene rings is 1. The number of nitrogens with zero attached hydrogens (tertiary/aromatic N) is 2. The highest BCUT2D eigenvalue weighted by molar-refractivity contribution is 5.97. The summed E-state index contributed by atoms with van der Waals surface area (Å²) >= 11 is 0. The fourth-order valence-corrected chi connectivity index (χ4v) is 3.64. The van der Waals surface area contributed by atoms with Crippen molar-refractivity contribution in [3.05, 3.63) is 59.7 Å². The Morgan fingerprint density at radius 3 is 2.81 bits per heavy atom. The van der Waals surface area contributed by atoms with Crippen LogP contribution in [-0.4, -0.2) is 35.1 Å². The third-order valence-electron chi connectivity index (χ3n) is 5.08. The highest BCUT2D eigenvalue weighted by Gasteiger charge is 2.24. The predicted octanol–water partition coefficient (Wildman–Crippen LogP) is 4.21. The van der Waals surface area contributed by atoms with Gasteiger partial charge in [0.25, 0.3) is 5.91 Å². The Kier molecular flexibility index (Phi) is 4.99. The van der Waals surface area contributed by atoms with Gasteiger partial charge >= 0.3 is 0 Å². The fraction of sp³-hybridized carbons (Fsp3) is 0.381. The number of amides is 1. The number of aromatic nitrogens is 1. The zero-order chi connectivity index (χ0) is 18.8. The lowest BCUT2D eigenvalue weighted by molar-refractivity contribution is 0.00623. The Balaban J connectivity index is 1.57. The van der Waals surface area contributed by atoms with E-state index in [1.165, 1.54) is 12.1 Å². The Labute approximate surface area is 157 Å². The number of ether oxygens (including phenoxy) is 1. The molecule has 1 aliphatic rings. The molecular formula is C21H23FN2O3. The van der Waals surface area contributed by atoms with Gasteiger partial charge in [-0.15, -0.1) is 0 Å². The van der Waals surface area contributed by atoms with Gasteiger partial charge in [-0.3, -0.25) is 4.79 Å². The van der Waals surface area contributed by atoms with Crippen molar-refractivity contribution in [3.8, 4) is 0 Å². The zero-order valence-corrected chi connectivity index (χ0v) is 15.4. The van der Waals surface area contributed by atoms with Crippen molar-refractivity contribution in [2.75, 3.05) is 13.7 Å². The SMILES string of the molecule is CN(Cc1ccc(F)cc1)C(=O)c1cc2occc2n1CC1CCCCO1. The van der Waals surface area contributed by atoms with Gasteiger partial charge in [-0.05, 0) is 37.0 Å². The summed E-state index contributed by atoms with van der Waals surface area (Å²) in [6.07, 6.45) is 4.98. The van der Waals surface area contributed by atoms with Crippen LogP contribution in [0.5, 0.6) is 0 Å². The normalized spacial score (nSPS) is 17.3. The van der Waals surface area contributed by atoms with Gasteiger partial charge in [-0.2, -0.15) is 0 Å². The summed E-state index contributed by atoms with van der Waals surface area (Å²) in [6.45, 7) is 1.81. The number of carbonyl (C=O) groups excluding carboxylic acids is 1. The van der Waals surface area contributed by atoms with Crippen molar-refractivity contribution in [1.29, 1.82) is 0 Å². The first-order chi connectivity index (χ1) is 13.1. The Bertz CT molecular complexity index is 923. The molecule has 0 N–H and O–H groups in total. The molecule has 0 aliphatic carbocycles. The van der Waals surface area contributed by atoms with Crippen LogP contribution in [0, 0.1) is 5.82 Å². The number of hydrogen-bond donors (Lipinski definition) is 0. The smallest absolute Gasteiger partial charge is 0.270 e. The van der Waals surface area contributed by atoms with Crippen molar-refractivity contribution in [3.63, 3.8) is 0 Å². The summed E-state index contributed by atoms with van der Waals surface area (Å²) in [5.74, 6) is -0.379. The van der Waals surface area contributed by atoms with Gasteiger partial charge in [-0.1, -0.05) is 12.1 Å². The largest absolute Gasteiger partial charge is 0.463 e. The number of carbonyl (C=O) groups is 1. The topological polar surface area (TPSA) is 47.6 Å². The molecule has 0 spiro atoms. The summed E-state index contributed by atoms with van der Waals surface area (Å²) in [6, 6.07) is 9.88. The van der Waals surface area contributed by atoms with Gasteiger partial charge < -0.3 is 18.6 Å². The number of halogens is 1. The Morgan fingerprint density at radius 2 is 2.07 bits per heavy atom. The summed E-state index contributed by atoms with van der Waals surface area (Å²) < 4.78 is 26.5. The molecule has 1 unspecified atom stereocenters. The maximum Gasteiger partial charge on any atom is 0.270 e. The minimum atomic E-state index is -0.283. The van der Waals surface area contributed by atoms with Crippen molar-refractivity contribution >= 4 is 17.0 Å². The van der Waals surface area contributed by atoms with Crippen LogP contribution in [-0.2, 0) is 17.8 Å². The minimum Gasteiger partial charge on any atom is -0.463 e. The van der Waals surface area contributed by atoms with Gasteiger partial charge in [-0.25, -0.2) is 4.39 Å². The monoisotopic (exact) mass is 370 g/mol. The molecule has 1 saturated heterocycles. The maximum absolute atomic E-state index is 13.1. The van der Waals surface area contributed by atoms with Gasteiger partial charge in [0.15, 0.2) is 5.58 Å². The lowest BCUT2D eigenvalue weighted by atomic mass is 10.1. The number of hydrogen-bond acceptors (Lipinski definition) is 3. The van der Waals surface area contributed by atoms with E-state index in [2.05, 4.69) is 0 Å². The van der Waals surface area contributed by atoms with E-state index in [1.54, 1.807) is 36.4 Å². The number of furan rings is 1. The van der Waals surface area contributed by atoms with Crippen LogP contribution in [0.25, 0.3) is 11.1 Å². The first kappa shape index (κ1) is 17.8. The summed E-state index contributed by atoms with van der Waals surface area (Å²) in [7, 11) is 1.75. The number of rotatable bonds is 5. The molecule has 0 bridgehead atoms. The van der Waals surface area contributed by atoms with E-state index >= 15 is 0 Å². The fourth-order valence-electron chi connectivity index (χ4n) is 3.64. The van der Waals surface area contributed by atoms with E-state index in [1.807, 2.05) is 10.6 Å². The zero-order valence-electron chi connectivity index (χ0n) is 15.4. The van der Waals surface area contributed by atoms with Crippen LogP contribution >= 0.6 is 0 Å². The van der Waals surface area contributed by atoms with Crippen LogP contribution < -0.4 is 0 Å². The lowest BCUT2D eigenvalue weighted by Gasteiger charge is -2.25. The predicted molar refractivity (Wildman–Crippen MR) is 100.0 cm³/mol. The van der Waals surface area contributed by atoms with Crippen LogP contribution in [0.15, 0.2) is 47.1 Å². The van der Waals surface area contributed by atoms with Crippen LogP contribution in [0.1, 0.15) is 35.3 Å². The quantitative estimate of drug-likeness (QED) is 0.676. The standard InChI is InChI=1S/C21H23FN2O3/c1-23(13-15-5-7-16(22)8-6-15)21(25)19-12-20-18(9-11-27-20)24(19)14-17-4-2-3-10-26-17/h5-9,11-12,17H,2-4,10,13-14H2,1H3. The summed E-state index contributed by atoms with van der Waals surface area (Å²) in [5, 5.41) is 0. The molecule has 1 aromatic carbocycles. The first-order valence-electron chi connectivity index (χ1n) is 9.30. The molecule has 1 aliphatic heterocycles. The van der Waals surface area contributed by atoms with E-state index in [9.17, 15) is 9.18 Å². The molecular weight excluding hydrogens is 347 g/mol. The highest BCUT2D eigenvalue weighted by atomic mass is 19.1. The molecule has 4 rings (SSSR count). The number of fused-ring (bicyclic) bond motifs is 1. The summed E-state index contributed by atoms with van der Waals surface area (Å²) in [4.78, 5) is 14.7. The van der Waals surface area contributed by atoms with Gasteiger partial charge in [0.2, 0.25) is 0 Å². The van der Waals surface area contributed by atoms with E-state index < -0.39 is 0 Å². The van der Waals surface area contributed by atoms with Crippen LogP contribution in [0.3, 0.4) is 0 Å². The third kappa shape index (κ3) is 3.76. The lowest BCUT2D eigenvalue weighted by Crippen LogP contribution is -2.31. The molecule has 3 heterocycles. The molecule has 0 saturated carbocycles. The van der Waals surface area contributed by atoms with Gasteiger partial charge in [0, 0.05) is 38.9 Å². The van der Waals surface area contributed by atoms with Gasteiger partial charge in [0.1, 0.15) is 11.5 Å². The molecule has 1 atom stereocenters. The molecule has 1 amide bonds. The maximum atomic E-state index is 13.1. The van der Waals surface area contributed by atoms with Crippen molar-refractivity contribution in [2.24, 2.45) is 0 Å². The average Bonchev–Trinajstić information content (AvgIpc) is 3.26. The average molecular weight is 370 g/mol. The molecule has 2 aromatic heterocycles. The van der Waals surface area contributed by atoms with Crippen molar-refractivity contribution in [2.45, 2.75) is 38.5 Å². The third-order valence-corrected chi connectivity index (χ3v) is 5.08. The molecule has 1 fully saturated rings. The van der Waals surface area contributed by atoms with Crippen molar-refractivity contribution < 1.29 is 18.3 Å². The van der Waals surface area contributed by atoms with E-state index in [4.69, 9.17) is 9.15 Å². The summed E-state index contributed by atoms with van der Waals surface area (Å²) in [5.41, 5.74) is 3.07. The first-order valence-corrected chi connectivity index (χ1v) is 9.30. The minimum absolute atomic E-state index is 0.0958. The second-order valence-electron chi connectivity index (χ2n) is 7.09. The van der Waals surface area contributed by atoms with Crippen LogP contribution in [0.2, 0.25) is 0 Å². The molecule has 5 nitrogen and oxygen atoms in total. The highest BCUT2D eigenvalue weighted by Crippen LogP contribution is 2.25. The molecule has 142 valence electrons. The second-order valence-corrected chi connectivity index (χ2v) is 7.09.